The van der Waals surface area contributed by atoms with Gasteiger partial charge in [-0.25, -0.2) is 0 Å². The van der Waals surface area contributed by atoms with Crippen LogP contribution in [0.3, 0.4) is 0 Å². The zero-order chi connectivity index (χ0) is 14.7. The van der Waals surface area contributed by atoms with Gasteiger partial charge >= 0.3 is 0 Å². The lowest BCUT2D eigenvalue weighted by molar-refractivity contribution is -0.136. The van der Waals surface area contributed by atoms with Crippen LogP contribution in [0, 0.1) is 0 Å². The molecule has 3 saturated heterocycles. The van der Waals surface area contributed by atoms with Crippen molar-refractivity contribution in [3.05, 3.63) is 0 Å². The zero-order valence-electron chi connectivity index (χ0n) is 13.2. The number of hydrogen-bond donors (Lipinski definition) is 1. The van der Waals surface area contributed by atoms with E-state index >= 15 is 0 Å². The van der Waals surface area contributed by atoms with Gasteiger partial charge < -0.3 is 15.0 Å². The average Bonchev–Trinajstić information content (AvgIpc) is 2.55. The highest BCUT2D eigenvalue weighted by atomic mass is 16.5. The summed E-state index contributed by atoms with van der Waals surface area (Å²) >= 11 is 0. The molecule has 0 aromatic carbocycles. The topological polar surface area (TPSA) is 44.8 Å². The lowest BCUT2D eigenvalue weighted by Gasteiger charge is -2.42. The Bertz CT molecular complexity index is 349. The molecule has 5 heteroatoms. The summed E-state index contributed by atoms with van der Waals surface area (Å²) < 4.78 is 5.62. The van der Waals surface area contributed by atoms with E-state index in [1.165, 1.54) is 12.8 Å². The van der Waals surface area contributed by atoms with Gasteiger partial charge in [-0.3, -0.25) is 9.69 Å². The van der Waals surface area contributed by atoms with Crippen molar-refractivity contribution in [1.82, 2.24) is 15.1 Å². The maximum absolute atomic E-state index is 12.5. The normalized spacial score (nSPS) is 33.1. The minimum absolute atomic E-state index is 0.0821. The van der Waals surface area contributed by atoms with Crippen LogP contribution in [0.5, 0.6) is 0 Å². The van der Waals surface area contributed by atoms with E-state index in [0.717, 1.165) is 58.6 Å². The van der Waals surface area contributed by atoms with Crippen LogP contribution in [-0.2, 0) is 9.53 Å². The first kappa shape index (κ1) is 15.3. The number of amides is 1. The highest BCUT2D eigenvalue weighted by Gasteiger charge is 2.32. The molecule has 3 aliphatic heterocycles. The van der Waals surface area contributed by atoms with Gasteiger partial charge in [-0.05, 0) is 39.2 Å². The second kappa shape index (κ2) is 7.07. The first-order chi connectivity index (χ1) is 10.2. The Balaban J connectivity index is 1.47. The van der Waals surface area contributed by atoms with Crippen LogP contribution in [0.15, 0.2) is 0 Å². The number of nitrogens with zero attached hydrogens (tertiary/aromatic N) is 2. The third-order valence-corrected chi connectivity index (χ3v) is 5.17. The summed E-state index contributed by atoms with van der Waals surface area (Å²) in [5.41, 5.74) is 0. The number of piperidine rings is 2. The predicted octanol–water partition coefficient (Wildman–Crippen LogP) is 0.840. The van der Waals surface area contributed by atoms with Gasteiger partial charge in [-0.15, -0.1) is 0 Å². The van der Waals surface area contributed by atoms with Crippen molar-refractivity contribution in [3.63, 3.8) is 0 Å². The molecular formula is C16H29N3O2. The molecule has 5 nitrogen and oxygen atoms in total. The molecule has 0 spiro atoms. The lowest BCUT2D eigenvalue weighted by atomic mass is 9.99. The minimum atomic E-state index is 0.0821. The van der Waals surface area contributed by atoms with Crippen molar-refractivity contribution in [2.75, 3.05) is 39.3 Å². The summed E-state index contributed by atoms with van der Waals surface area (Å²) in [6.45, 7) is 7.95. The van der Waals surface area contributed by atoms with Crippen molar-refractivity contribution in [1.29, 1.82) is 0 Å². The molecule has 3 aliphatic rings. The second-order valence-electron chi connectivity index (χ2n) is 6.74. The molecular weight excluding hydrogens is 266 g/mol. The van der Waals surface area contributed by atoms with Crippen LogP contribution in [0.1, 0.15) is 39.0 Å². The molecule has 1 N–H and O–H groups in total. The Morgan fingerprint density at radius 1 is 1.14 bits per heavy atom. The summed E-state index contributed by atoms with van der Waals surface area (Å²) in [7, 11) is 0. The van der Waals surface area contributed by atoms with E-state index in [1.807, 2.05) is 0 Å². The smallest absolute Gasteiger partial charge is 0.239 e. The third-order valence-electron chi connectivity index (χ3n) is 5.17. The maximum Gasteiger partial charge on any atom is 0.239 e. The molecule has 1 amide bonds. The highest BCUT2D eigenvalue weighted by molar-refractivity contribution is 5.82. The Hall–Kier alpha value is -0.650. The van der Waals surface area contributed by atoms with E-state index in [2.05, 4.69) is 22.0 Å². The third kappa shape index (κ3) is 3.76. The zero-order valence-corrected chi connectivity index (χ0v) is 13.2. The molecule has 0 saturated carbocycles. The number of ether oxygens (including phenoxy) is 1. The molecule has 3 fully saturated rings. The van der Waals surface area contributed by atoms with Gasteiger partial charge in [0.2, 0.25) is 5.91 Å². The number of carbonyl (C=O) groups is 1. The van der Waals surface area contributed by atoms with Gasteiger partial charge in [0.15, 0.2) is 0 Å². The number of rotatable bonds is 2. The van der Waals surface area contributed by atoms with E-state index in [0.29, 0.717) is 18.1 Å². The van der Waals surface area contributed by atoms with E-state index in [4.69, 9.17) is 4.74 Å². The van der Waals surface area contributed by atoms with Crippen molar-refractivity contribution >= 4 is 5.91 Å². The van der Waals surface area contributed by atoms with Crippen LogP contribution in [-0.4, -0.2) is 73.2 Å². The fourth-order valence-electron chi connectivity index (χ4n) is 3.91. The maximum atomic E-state index is 12.5. The molecule has 2 atom stereocenters. The van der Waals surface area contributed by atoms with Crippen molar-refractivity contribution in [3.8, 4) is 0 Å². The molecule has 0 aromatic rings. The summed E-state index contributed by atoms with van der Waals surface area (Å²) in [5, 5.41) is 3.38. The van der Waals surface area contributed by atoms with E-state index in [1.54, 1.807) is 0 Å². The van der Waals surface area contributed by atoms with Crippen LogP contribution in [0.4, 0.5) is 0 Å². The van der Waals surface area contributed by atoms with Gasteiger partial charge in [0, 0.05) is 32.2 Å². The first-order valence-corrected chi connectivity index (χ1v) is 8.62. The molecule has 0 aliphatic carbocycles. The minimum Gasteiger partial charge on any atom is -0.376 e. The molecule has 21 heavy (non-hydrogen) atoms. The second-order valence-corrected chi connectivity index (χ2v) is 6.74. The van der Waals surface area contributed by atoms with E-state index < -0.39 is 0 Å². The summed E-state index contributed by atoms with van der Waals surface area (Å²) in [5.74, 6) is 0.337. The number of nitrogens with one attached hydrogen (secondary N) is 1. The first-order valence-electron chi connectivity index (χ1n) is 8.62. The summed E-state index contributed by atoms with van der Waals surface area (Å²) in [6.07, 6.45) is 5.99. The summed E-state index contributed by atoms with van der Waals surface area (Å²) in [4.78, 5) is 17.2. The number of carbonyl (C=O) groups excluding carboxylic acids is 1. The molecule has 3 rings (SSSR count). The van der Waals surface area contributed by atoms with Gasteiger partial charge in [-0.2, -0.15) is 0 Å². The van der Waals surface area contributed by atoms with Crippen LogP contribution < -0.4 is 5.32 Å². The van der Waals surface area contributed by atoms with Crippen LogP contribution in [0.25, 0.3) is 0 Å². The molecule has 120 valence electrons. The van der Waals surface area contributed by atoms with Crippen molar-refractivity contribution < 1.29 is 9.53 Å². The Morgan fingerprint density at radius 2 is 1.95 bits per heavy atom. The quantitative estimate of drug-likeness (QED) is 0.820. The van der Waals surface area contributed by atoms with Gasteiger partial charge in [-0.1, -0.05) is 6.42 Å². The number of hydrogen-bond acceptors (Lipinski definition) is 4. The van der Waals surface area contributed by atoms with E-state index in [9.17, 15) is 4.79 Å². The van der Waals surface area contributed by atoms with E-state index in [-0.39, 0.29) is 6.04 Å². The van der Waals surface area contributed by atoms with Crippen molar-refractivity contribution in [2.45, 2.75) is 57.2 Å². The fourth-order valence-corrected chi connectivity index (χ4v) is 3.91. The average molecular weight is 295 g/mol. The largest absolute Gasteiger partial charge is 0.376 e. The lowest BCUT2D eigenvalue weighted by Crippen LogP contribution is -2.55. The molecule has 0 radical (unpaired) electrons. The number of morpholine rings is 1. The van der Waals surface area contributed by atoms with Crippen LogP contribution in [0.2, 0.25) is 0 Å². The highest BCUT2D eigenvalue weighted by Crippen LogP contribution is 2.21. The SMILES string of the molecule is CC1CN(C2CCN(C(=O)[C@H]3CCCCN3)CC2)CCO1. The van der Waals surface area contributed by atoms with Crippen molar-refractivity contribution in [2.24, 2.45) is 0 Å². The molecule has 1 unspecified atom stereocenters. The Kier molecular flexibility index (Phi) is 5.14. The fraction of sp³-hybridized carbons (Fsp3) is 0.938. The van der Waals surface area contributed by atoms with Gasteiger partial charge in [0.05, 0.1) is 18.8 Å². The Morgan fingerprint density at radius 3 is 2.62 bits per heavy atom. The molecule has 3 heterocycles. The van der Waals surface area contributed by atoms with Gasteiger partial charge in [0.25, 0.3) is 0 Å². The molecule has 0 bridgehead atoms. The molecule has 0 aromatic heterocycles. The van der Waals surface area contributed by atoms with Crippen LogP contribution >= 0.6 is 0 Å². The number of likely N-dealkylation sites (tertiary alicyclic amines) is 1. The predicted molar refractivity (Wildman–Crippen MR) is 82.2 cm³/mol. The standard InChI is InChI=1S/C16H29N3O2/c1-13-12-19(10-11-21-13)14-5-8-18(9-6-14)16(20)15-4-2-3-7-17-15/h13-15,17H,2-12H2,1H3/t13?,15-/m1/s1. The van der Waals surface area contributed by atoms with Gasteiger partial charge in [0.1, 0.15) is 0 Å². The monoisotopic (exact) mass is 295 g/mol. The summed E-state index contributed by atoms with van der Waals surface area (Å²) in [6, 6.07) is 0.721. The Labute approximate surface area is 128 Å².